The summed E-state index contributed by atoms with van der Waals surface area (Å²) in [7, 11) is 0. The van der Waals surface area contributed by atoms with Gasteiger partial charge in [-0.1, -0.05) is 31.5 Å². The monoisotopic (exact) mass is 288 g/mol. The lowest BCUT2D eigenvalue weighted by Crippen LogP contribution is -2.40. The number of hydrogen-bond acceptors (Lipinski definition) is 2. The number of nitrogens with one attached hydrogen (secondary N) is 1. The average Bonchev–Trinajstić information content (AvgIpc) is 2.39. The van der Waals surface area contributed by atoms with Gasteiger partial charge in [-0.05, 0) is 57.6 Å². The van der Waals surface area contributed by atoms with Crippen molar-refractivity contribution in [2.75, 3.05) is 18.0 Å². The maximum Gasteiger partial charge on any atom is 0.0412 e. The predicted octanol–water partition coefficient (Wildman–Crippen LogP) is 4.37. The first-order valence-electron chi connectivity index (χ1n) is 8.36. The van der Waals surface area contributed by atoms with E-state index in [0.29, 0.717) is 0 Å². The van der Waals surface area contributed by atoms with E-state index >= 15 is 0 Å². The third-order valence-electron chi connectivity index (χ3n) is 4.72. The van der Waals surface area contributed by atoms with E-state index in [0.717, 1.165) is 18.4 Å². The predicted molar refractivity (Wildman–Crippen MR) is 92.9 cm³/mol. The van der Waals surface area contributed by atoms with Crippen LogP contribution in [0.5, 0.6) is 0 Å². The summed E-state index contributed by atoms with van der Waals surface area (Å²) in [5, 5.41) is 3.64. The standard InChI is InChI=1S/C19H32N2/c1-14-7-8-18(17(11-14)12-20-19(4,5)6)21-10-9-15(2)16(3)13-21/h7-8,11,15-16,20H,9-10,12-13H2,1-6H3. The molecule has 118 valence electrons. The molecule has 1 aromatic carbocycles. The first-order valence-corrected chi connectivity index (χ1v) is 8.36. The molecule has 0 spiro atoms. The van der Waals surface area contributed by atoms with Gasteiger partial charge in [0.15, 0.2) is 0 Å². The van der Waals surface area contributed by atoms with E-state index in [4.69, 9.17) is 0 Å². The van der Waals surface area contributed by atoms with Gasteiger partial charge in [0.25, 0.3) is 0 Å². The maximum atomic E-state index is 3.64. The van der Waals surface area contributed by atoms with Gasteiger partial charge >= 0.3 is 0 Å². The van der Waals surface area contributed by atoms with Crippen molar-refractivity contribution in [3.63, 3.8) is 0 Å². The van der Waals surface area contributed by atoms with Gasteiger partial charge in [0, 0.05) is 30.9 Å². The van der Waals surface area contributed by atoms with E-state index in [1.54, 1.807) is 0 Å². The lowest BCUT2D eigenvalue weighted by atomic mass is 9.88. The SMILES string of the molecule is Cc1ccc(N2CCC(C)C(C)C2)c(CNC(C)(C)C)c1. The molecule has 0 radical (unpaired) electrons. The number of aryl methyl sites for hydroxylation is 1. The largest absolute Gasteiger partial charge is 0.371 e. The van der Waals surface area contributed by atoms with Crippen LogP contribution in [0.3, 0.4) is 0 Å². The van der Waals surface area contributed by atoms with Crippen molar-refractivity contribution in [1.82, 2.24) is 5.32 Å². The Labute approximate surface area is 130 Å². The van der Waals surface area contributed by atoms with Crippen molar-refractivity contribution in [3.8, 4) is 0 Å². The molecule has 1 aromatic rings. The summed E-state index contributed by atoms with van der Waals surface area (Å²) in [5.41, 5.74) is 4.37. The Balaban J connectivity index is 2.18. The zero-order valence-corrected chi connectivity index (χ0v) is 14.7. The molecule has 1 fully saturated rings. The molecule has 2 rings (SSSR count). The van der Waals surface area contributed by atoms with Gasteiger partial charge in [0.05, 0.1) is 0 Å². The Morgan fingerprint density at radius 1 is 1.19 bits per heavy atom. The summed E-state index contributed by atoms with van der Waals surface area (Å²) in [5.74, 6) is 1.63. The zero-order valence-electron chi connectivity index (χ0n) is 14.7. The minimum Gasteiger partial charge on any atom is -0.371 e. The minimum absolute atomic E-state index is 0.157. The molecule has 1 N–H and O–H groups in total. The number of benzene rings is 1. The number of nitrogens with zero attached hydrogens (tertiary/aromatic N) is 1. The van der Waals surface area contributed by atoms with E-state index < -0.39 is 0 Å². The molecule has 1 heterocycles. The van der Waals surface area contributed by atoms with Crippen molar-refractivity contribution in [1.29, 1.82) is 0 Å². The van der Waals surface area contributed by atoms with Crippen molar-refractivity contribution in [2.45, 2.75) is 60.0 Å². The fourth-order valence-electron chi connectivity index (χ4n) is 3.01. The summed E-state index contributed by atoms with van der Waals surface area (Å²) in [6.45, 7) is 17.0. The van der Waals surface area contributed by atoms with Crippen molar-refractivity contribution < 1.29 is 0 Å². The molecule has 0 bridgehead atoms. The molecule has 2 heteroatoms. The first kappa shape index (κ1) is 16.4. The highest BCUT2D eigenvalue weighted by Gasteiger charge is 2.24. The molecule has 1 saturated heterocycles. The number of anilines is 1. The molecule has 2 nitrogen and oxygen atoms in total. The Morgan fingerprint density at radius 3 is 2.52 bits per heavy atom. The van der Waals surface area contributed by atoms with Gasteiger partial charge in [-0.25, -0.2) is 0 Å². The molecule has 0 aliphatic carbocycles. The first-order chi connectivity index (χ1) is 9.76. The summed E-state index contributed by atoms with van der Waals surface area (Å²) in [6, 6.07) is 6.91. The van der Waals surface area contributed by atoms with Crippen LogP contribution < -0.4 is 10.2 Å². The Hall–Kier alpha value is -1.02. The van der Waals surface area contributed by atoms with Crippen LogP contribution in [0.2, 0.25) is 0 Å². The number of rotatable bonds is 3. The Kier molecular flexibility index (Phi) is 4.98. The summed E-state index contributed by atoms with van der Waals surface area (Å²) in [6.07, 6.45) is 1.31. The second kappa shape index (κ2) is 6.39. The number of hydrogen-bond donors (Lipinski definition) is 1. The highest BCUT2D eigenvalue weighted by Crippen LogP contribution is 2.30. The van der Waals surface area contributed by atoms with Crippen LogP contribution in [0, 0.1) is 18.8 Å². The van der Waals surface area contributed by atoms with Gasteiger partial charge < -0.3 is 10.2 Å². The topological polar surface area (TPSA) is 15.3 Å². The number of piperidine rings is 1. The van der Waals surface area contributed by atoms with Crippen LogP contribution in [0.4, 0.5) is 5.69 Å². The quantitative estimate of drug-likeness (QED) is 0.888. The van der Waals surface area contributed by atoms with Gasteiger partial charge in [-0.15, -0.1) is 0 Å². The lowest BCUT2D eigenvalue weighted by Gasteiger charge is -2.38. The zero-order chi connectivity index (χ0) is 15.6. The van der Waals surface area contributed by atoms with E-state index in [-0.39, 0.29) is 5.54 Å². The van der Waals surface area contributed by atoms with E-state index in [9.17, 15) is 0 Å². The molecular weight excluding hydrogens is 256 g/mol. The highest BCUT2D eigenvalue weighted by atomic mass is 15.1. The highest BCUT2D eigenvalue weighted by molar-refractivity contribution is 5.55. The van der Waals surface area contributed by atoms with Crippen LogP contribution in [-0.4, -0.2) is 18.6 Å². The molecule has 2 atom stereocenters. The van der Waals surface area contributed by atoms with E-state index in [1.165, 1.54) is 36.3 Å². The third kappa shape index (κ3) is 4.47. The molecule has 0 amide bonds. The summed E-state index contributed by atoms with van der Waals surface area (Å²) >= 11 is 0. The van der Waals surface area contributed by atoms with Crippen LogP contribution in [0.1, 0.15) is 52.2 Å². The van der Waals surface area contributed by atoms with Crippen LogP contribution >= 0.6 is 0 Å². The third-order valence-corrected chi connectivity index (χ3v) is 4.72. The average molecular weight is 288 g/mol. The fourth-order valence-corrected chi connectivity index (χ4v) is 3.01. The summed E-state index contributed by atoms with van der Waals surface area (Å²) in [4.78, 5) is 2.59. The van der Waals surface area contributed by atoms with Gasteiger partial charge in [-0.3, -0.25) is 0 Å². The van der Waals surface area contributed by atoms with Crippen LogP contribution in [0.25, 0.3) is 0 Å². The lowest BCUT2D eigenvalue weighted by molar-refractivity contribution is 0.323. The molecule has 21 heavy (non-hydrogen) atoms. The fraction of sp³-hybridized carbons (Fsp3) is 0.684. The normalized spacial score (nSPS) is 23.4. The van der Waals surface area contributed by atoms with Crippen LogP contribution in [0.15, 0.2) is 18.2 Å². The second-order valence-corrected chi connectivity index (χ2v) is 7.92. The van der Waals surface area contributed by atoms with Gasteiger partial charge in [0.1, 0.15) is 0 Å². The van der Waals surface area contributed by atoms with Crippen molar-refractivity contribution >= 4 is 5.69 Å². The molecule has 2 unspecified atom stereocenters. The second-order valence-electron chi connectivity index (χ2n) is 7.92. The molecule has 0 saturated carbocycles. The Morgan fingerprint density at radius 2 is 1.90 bits per heavy atom. The Bertz CT molecular complexity index is 473. The van der Waals surface area contributed by atoms with Crippen molar-refractivity contribution in [2.24, 2.45) is 11.8 Å². The van der Waals surface area contributed by atoms with E-state index in [1.807, 2.05) is 0 Å². The van der Waals surface area contributed by atoms with Crippen molar-refractivity contribution in [3.05, 3.63) is 29.3 Å². The molecule has 0 aromatic heterocycles. The minimum atomic E-state index is 0.157. The molecular formula is C19H32N2. The van der Waals surface area contributed by atoms with Crippen LogP contribution in [-0.2, 0) is 6.54 Å². The smallest absolute Gasteiger partial charge is 0.0412 e. The van der Waals surface area contributed by atoms with Gasteiger partial charge in [0.2, 0.25) is 0 Å². The summed E-state index contributed by atoms with van der Waals surface area (Å²) < 4.78 is 0. The molecule has 1 aliphatic heterocycles. The van der Waals surface area contributed by atoms with Gasteiger partial charge in [-0.2, -0.15) is 0 Å². The van der Waals surface area contributed by atoms with E-state index in [2.05, 4.69) is 70.0 Å². The molecule has 1 aliphatic rings. The maximum absolute atomic E-state index is 3.64.